The second-order valence-corrected chi connectivity index (χ2v) is 8.43. The first kappa shape index (κ1) is 20.4. The number of anilines is 1. The van der Waals surface area contributed by atoms with Crippen molar-refractivity contribution in [2.75, 3.05) is 57.4 Å². The number of hydrogen-bond donors (Lipinski definition) is 2. The molecule has 1 saturated heterocycles. The van der Waals surface area contributed by atoms with Gasteiger partial charge in [-0.25, -0.2) is 0 Å². The van der Waals surface area contributed by atoms with Crippen LogP contribution >= 0.6 is 0 Å². The summed E-state index contributed by atoms with van der Waals surface area (Å²) in [5.41, 5.74) is 0.974. The maximum Gasteiger partial charge on any atom is 0.239 e. The van der Waals surface area contributed by atoms with Crippen LogP contribution in [0.15, 0.2) is 24.3 Å². The van der Waals surface area contributed by atoms with Crippen molar-refractivity contribution in [1.82, 2.24) is 10.2 Å². The van der Waals surface area contributed by atoms with Crippen molar-refractivity contribution in [3.8, 4) is 5.75 Å². The Morgan fingerprint density at radius 2 is 1.93 bits per heavy atom. The van der Waals surface area contributed by atoms with Crippen LogP contribution in [0.5, 0.6) is 5.75 Å². The Hall–Kier alpha value is -1.83. The lowest BCUT2D eigenvalue weighted by Gasteiger charge is -2.48. The number of rotatable bonds is 6. The Bertz CT molecular complexity index is 686. The van der Waals surface area contributed by atoms with Gasteiger partial charge in [0.25, 0.3) is 0 Å². The molecule has 0 unspecified atom stereocenters. The molecule has 0 aromatic heterocycles. The molecule has 4 rings (SSSR count). The van der Waals surface area contributed by atoms with Crippen molar-refractivity contribution in [3.05, 3.63) is 24.3 Å². The molecule has 0 spiro atoms. The molecule has 1 saturated carbocycles. The van der Waals surface area contributed by atoms with Gasteiger partial charge >= 0.3 is 0 Å². The predicted octanol–water partition coefficient (Wildman–Crippen LogP) is 1.40. The quantitative estimate of drug-likeness (QED) is 0.748. The molecule has 0 bridgehead atoms. The highest BCUT2D eigenvalue weighted by Crippen LogP contribution is 2.34. The van der Waals surface area contributed by atoms with Gasteiger partial charge in [0.15, 0.2) is 0 Å². The largest absolute Gasteiger partial charge is 0.484 e. The number of carbonyl (C=O) groups is 1. The first-order valence-corrected chi connectivity index (χ1v) is 10.9. The lowest BCUT2D eigenvalue weighted by molar-refractivity contribution is -0.121. The van der Waals surface area contributed by atoms with Gasteiger partial charge in [-0.05, 0) is 25.0 Å². The van der Waals surface area contributed by atoms with Crippen LogP contribution in [0, 0.1) is 0 Å². The molecular formula is C22H33N3O4. The minimum atomic E-state index is -0.310. The average Bonchev–Trinajstić information content (AvgIpc) is 2.79. The summed E-state index contributed by atoms with van der Waals surface area (Å²) in [6.45, 7) is 4.88. The third-order valence-corrected chi connectivity index (χ3v) is 6.54. The molecule has 1 atom stereocenters. The van der Waals surface area contributed by atoms with Crippen molar-refractivity contribution in [3.63, 3.8) is 0 Å². The van der Waals surface area contributed by atoms with Gasteiger partial charge < -0.3 is 24.8 Å². The summed E-state index contributed by atoms with van der Waals surface area (Å²) in [5, 5.41) is 12.8. The maximum absolute atomic E-state index is 12.9. The summed E-state index contributed by atoms with van der Waals surface area (Å²) in [6, 6.07) is 7.71. The van der Waals surface area contributed by atoms with E-state index in [1.54, 1.807) is 0 Å². The summed E-state index contributed by atoms with van der Waals surface area (Å²) in [7, 11) is 0. The van der Waals surface area contributed by atoms with Crippen molar-refractivity contribution in [2.24, 2.45) is 0 Å². The van der Waals surface area contributed by atoms with E-state index in [9.17, 15) is 9.90 Å². The van der Waals surface area contributed by atoms with E-state index in [0.717, 1.165) is 50.6 Å². The Morgan fingerprint density at radius 1 is 1.17 bits per heavy atom. The number of para-hydroxylation sites is 2. The SMILES string of the molecule is O=C(CN1C[C@H](CO)Oc2ccccc21)NCC1(N2CCOCC2)CCCCC1. The van der Waals surface area contributed by atoms with Gasteiger partial charge in [0, 0.05) is 25.2 Å². The second-order valence-electron chi connectivity index (χ2n) is 8.43. The summed E-state index contributed by atoms with van der Waals surface area (Å²) >= 11 is 0. The Kier molecular flexibility index (Phi) is 6.57. The van der Waals surface area contributed by atoms with Crippen molar-refractivity contribution in [2.45, 2.75) is 43.7 Å². The number of amides is 1. The standard InChI is InChI=1S/C22H33N3O4/c26-16-18-14-24(19-6-2-3-7-20(19)29-18)15-21(27)23-17-22(8-4-1-5-9-22)25-10-12-28-13-11-25/h2-3,6-7,18,26H,1,4-5,8-17H2,(H,23,27)/t18-/m1/s1. The van der Waals surface area contributed by atoms with Gasteiger partial charge in [-0.2, -0.15) is 0 Å². The normalized spacial score (nSPS) is 24.4. The Labute approximate surface area is 173 Å². The molecule has 3 aliphatic rings. The van der Waals surface area contributed by atoms with Gasteiger partial charge in [-0.1, -0.05) is 31.4 Å². The summed E-state index contributed by atoms with van der Waals surface area (Å²) in [6.07, 6.45) is 5.70. The van der Waals surface area contributed by atoms with Gasteiger partial charge in [-0.3, -0.25) is 9.69 Å². The number of nitrogens with one attached hydrogen (secondary N) is 1. The highest BCUT2D eigenvalue weighted by molar-refractivity contribution is 5.82. The fraction of sp³-hybridized carbons (Fsp3) is 0.682. The van der Waals surface area contributed by atoms with Crippen molar-refractivity contribution < 1.29 is 19.4 Å². The number of fused-ring (bicyclic) bond motifs is 1. The highest BCUT2D eigenvalue weighted by Gasteiger charge is 2.39. The molecule has 1 aromatic rings. The van der Waals surface area contributed by atoms with E-state index in [2.05, 4.69) is 10.2 Å². The zero-order valence-electron chi connectivity index (χ0n) is 17.1. The zero-order chi connectivity index (χ0) is 20.1. The van der Waals surface area contributed by atoms with Gasteiger partial charge in [0.1, 0.15) is 11.9 Å². The lowest BCUT2D eigenvalue weighted by Crippen LogP contribution is -2.60. The van der Waals surface area contributed by atoms with E-state index in [4.69, 9.17) is 9.47 Å². The first-order valence-electron chi connectivity index (χ1n) is 10.9. The van der Waals surface area contributed by atoms with Gasteiger partial charge in [0.05, 0.1) is 38.6 Å². The molecule has 2 N–H and O–H groups in total. The van der Waals surface area contributed by atoms with E-state index in [1.807, 2.05) is 29.2 Å². The monoisotopic (exact) mass is 403 g/mol. The molecule has 2 fully saturated rings. The van der Waals surface area contributed by atoms with E-state index in [0.29, 0.717) is 13.1 Å². The van der Waals surface area contributed by atoms with Crippen LogP contribution < -0.4 is 15.0 Å². The molecule has 2 heterocycles. The number of ether oxygens (including phenoxy) is 2. The molecule has 0 radical (unpaired) electrons. The molecule has 1 aliphatic carbocycles. The number of benzene rings is 1. The summed E-state index contributed by atoms with van der Waals surface area (Å²) < 4.78 is 11.3. The zero-order valence-corrected chi connectivity index (χ0v) is 17.1. The molecule has 29 heavy (non-hydrogen) atoms. The van der Waals surface area contributed by atoms with Crippen LogP contribution in [0.4, 0.5) is 5.69 Å². The summed E-state index contributed by atoms with van der Waals surface area (Å²) in [4.78, 5) is 17.4. The fourth-order valence-corrected chi connectivity index (χ4v) is 4.97. The van der Waals surface area contributed by atoms with Gasteiger partial charge in [0.2, 0.25) is 5.91 Å². The van der Waals surface area contributed by atoms with Crippen LogP contribution in [0.1, 0.15) is 32.1 Å². The van der Waals surface area contributed by atoms with Crippen LogP contribution in [-0.2, 0) is 9.53 Å². The van der Waals surface area contributed by atoms with E-state index in [-0.39, 0.29) is 30.7 Å². The van der Waals surface area contributed by atoms with Crippen LogP contribution in [0.25, 0.3) is 0 Å². The number of morpholine rings is 1. The first-order chi connectivity index (χ1) is 14.2. The molecule has 1 amide bonds. The summed E-state index contributed by atoms with van der Waals surface area (Å²) in [5.74, 6) is 0.749. The van der Waals surface area contributed by atoms with Gasteiger partial charge in [-0.15, -0.1) is 0 Å². The number of carbonyl (C=O) groups excluding carboxylic acids is 1. The van der Waals surface area contributed by atoms with Crippen LogP contribution in [-0.4, -0.2) is 80.1 Å². The molecule has 2 aliphatic heterocycles. The average molecular weight is 404 g/mol. The molecule has 7 heteroatoms. The number of aliphatic hydroxyl groups excluding tert-OH is 1. The number of hydrogen-bond acceptors (Lipinski definition) is 6. The fourth-order valence-electron chi connectivity index (χ4n) is 4.97. The smallest absolute Gasteiger partial charge is 0.239 e. The predicted molar refractivity (Wildman–Crippen MR) is 111 cm³/mol. The topological polar surface area (TPSA) is 74.3 Å². The highest BCUT2D eigenvalue weighted by atomic mass is 16.5. The van der Waals surface area contributed by atoms with E-state index < -0.39 is 0 Å². The third kappa shape index (κ3) is 4.68. The Balaban J connectivity index is 1.39. The van der Waals surface area contributed by atoms with E-state index >= 15 is 0 Å². The van der Waals surface area contributed by atoms with Crippen molar-refractivity contribution in [1.29, 1.82) is 0 Å². The minimum absolute atomic E-state index is 0.0246. The third-order valence-electron chi connectivity index (χ3n) is 6.54. The van der Waals surface area contributed by atoms with E-state index in [1.165, 1.54) is 19.3 Å². The molecule has 7 nitrogen and oxygen atoms in total. The van der Waals surface area contributed by atoms with Crippen LogP contribution in [0.3, 0.4) is 0 Å². The number of nitrogens with zero attached hydrogens (tertiary/aromatic N) is 2. The molecule has 1 aromatic carbocycles. The molecular weight excluding hydrogens is 370 g/mol. The number of aliphatic hydroxyl groups is 1. The maximum atomic E-state index is 12.9. The van der Waals surface area contributed by atoms with Crippen molar-refractivity contribution >= 4 is 11.6 Å². The van der Waals surface area contributed by atoms with Crippen LogP contribution in [0.2, 0.25) is 0 Å². The minimum Gasteiger partial charge on any atom is -0.484 e. The Morgan fingerprint density at radius 3 is 2.69 bits per heavy atom. The molecule has 160 valence electrons. The second kappa shape index (κ2) is 9.32. The lowest BCUT2D eigenvalue weighted by atomic mass is 9.79.